The fourth-order valence-corrected chi connectivity index (χ4v) is 3.78. The molecule has 0 saturated carbocycles. The molecule has 0 unspecified atom stereocenters. The van der Waals surface area contributed by atoms with Gasteiger partial charge < -0.3 is 20.1 Å². The predicted octanol–water partition coefficient (Wildman–Crippen LogP) is 3.42. The Morgan fingerprint density at radius 3 is 2.71 bits per heavy atom. The Hall–Kier alpha value is -4.36. The predicted molar refractivity (Wildman–Crippen MR) is 116 cm³/mol. The molecule has 11 nitrogen and oxygen atoms in total. The maximum atomic E-state index is 12.7. The normalized spacial score (nSPS) is 15.8. The summed E-state index contributed by atoms with van der Waals surface area (Å²) < 4.78 is 47.2. The Morgan fingerprint density at radius 2 is 2.06 bits per heavy atom. The monoisotopic (exact) mass is 488 g/mol. The van der Waals surface area contributed by atoms with Gasteiger partial charge in [0.05, 0.1) is 30.1 Å². The highest BCUT2D eigenvalue weighted by Crippen LogP contribution is 2.32. The maximum absolute atomic E-state index is 12.7. The molecule has 0 spiro atoms. The van der Waals surface area contributed by atoms with Gasteiger partial charge in [-0.15, -0.1) is 0 Å². The van der Waals surface area contributed by atoms with Crippen molar-refractivity contribution in [1.82, 2.24) is 34.3 Å². The highest BCUT2D eigenvalue weighted by molar-refractivity contribution is 5.72. The minimum absolute atomic E-state index is 0.121. The first-order valence-corrected chi connectivity index (χ1v) is 10.5. The quantitative estimate of drug-likeness (QED) is 0.423. The minimum atomic E-state index is -4.56. The van der Waals surface area contributed by atoms with Gasteiger partial charge in [0.2, 0.25) is 0 Å². The molecule has 1 aliphatic heterocycles. The standard InChI is InChI=1S/C21H19F3N8O3/c1-30-19(15(8-27-30)35-11-13-3-4-31(13)20(33)34)12-2-5-32-14(6-12)7-17(29-32)28-18-10-25-16(9-26-18)21(22,23)24/h2,5-10,13H,3-4,11H2,1H3,(H,33,34)(H,26,28,29)/t13-/m1/s1. The van der Waals surface area contributed by atoms with E-state index >= 15 is 0 Å². The number of carboxylic acid groups (broad SMARTS) is 1. The zero-order valence-corrected chi connectivity index (χ0v) is 18.3. The number of anilines is 2. The number of amides is 1. The number of likely N-dealkylation sites (tertiary alicyclic amines) is 1. The van der Waals surface area contributed by atoms with Crippen LogP contribution in [0.3, 0.4) is 0 Å². The molecule has 0 radical (unpaired) electrons. The molecule has 1 atom stereocenters. The van der Waals surface area contributed by atoms with E-state index in [4.69, 9.17) is 9.84 Å². The van der Waals surface area contributed by atoms with E-state index in [9.17, 15) is 18.0 Å². The van der Waals surface area contributed by atoms with Crippen molar-refractivity contribution in [2.45, 2.75) is 18.6 Å². The van der Waals surface area contributed by atoms with Crippen LogP contribution in [-0.2, 0) is 13.2 Å². The van der Waals surface area contributed by atoms with Crippen molar-refractivity contribution in [3.63, 3.8) is 0 Å². The molecule has 35 heavy (non-hydrogen) atoms. The van der Waals surface area contributed by atoms with E-state index in [-0.39, 0.29) is 18.5 Å². The smallest absolute Gasteiger partial charge is 0.434 e. The molecule has 1 aliphatic rings. The van der Waals surface area contributed by atoms with E-state index in [0.29, 0.717) is 35.5 Å². The second kappa shape index (κ2) is 8.45. The molecule has 0 aliphatic carbocycles. The molecule has 4 aromatic rings. The van der Waals surface area contributed by atoms with Crippen LogP contribution in [0.5, 0.6) is 5.75 Å². The van der Waals surface area contributed by atoms with Crippen LogP contribution in [0.15, 0.2) is 43.0 Å². The summed E-state index contributed by atoms with van der Waals surface area (Å²) in [5.74, 6) is 1.01. The lowest BCUT2D eigenvalue weighted by molar-refractivity contribution is -0.141. The van der Waals surface area contributed by atoms with Crippen molar-refractivity contribution in [2.75, 3.05) is 18.5 Å². The molecule has 182 valence electrons. The van der Waals surface area contributed by atoms with Gasteiger partial charge in [0.25, 0.3) is 0 Å². The Bertz CT molecular complexity index is 1380. The lowest BCUT2D eigenvalue weighted by Gasteiger charge is -2.38. The second-order valence-electron chi connectivity index (χ2n) is 7.93. The molecule has 1 amide bonds. The lowest BCUT2D eigenvalue weighted by Crippen LogP contribution is -2.53. The van der Waals surface area contributed by atoms with Gasteiger partial charge in [0.15, 0.2) is 17.3 Å². The van der Waals surface area contributed by atoms with Crippen LogP contribution in [0.25, 0.3) is 16.8 Å². The SMILES string of the molecule is Cn1ncc(OC[C@H]2CCN2C(=O)O)c1-c1ccn2nc(Nc3cnc(C(F)(F)F)cn3)cc2c1. The zero-order chi connectivity index (χ0) is 24.7. The van der Waals surface area contributed by atoms with Crippen LogP contribution in [0, 0.1) is 0 Å². The molecule has 5 heterocycles. The first-order valence-electron chi connectivity index (χ1n) is 10.5. The zero-order valence-electron chi connectivity index (χ0n) is 18.3. The van der Waals surface area contributed by atoms with Crippen molar-refractivity contribution >= 4 is 23.2 Å². The first kappa shape index (κ1) is 22.4. The average molecular weight is 488 g/mol. The number of carbonyl (C=O) groups is 1. The molecular weight excluding hydrogens is 469 g/mol. The van der Waals surface area contributed by atoms with E-state index in [1.807, 2.05) is 12.1 Å². The third-order valence-corrected chi connectivity index (χ3v) is 5.66. The number of aryl methyl sites for hydroxylation is 1. The minimum Gasteiger partial charge on any atom is -0.487 e. The molecule has 2 N–H and O–H groups in total. The number of hydrogen-bond donors (Lipinski definition) is 2. The summed E-state index contributed by atoms with van der Waals surface area (Å²) in [4.78, 5) is 19.6. The number of alkyl halides is 3. The van der Waals surface area contributed by atoms with Crippen molar-refractivity contribution in [2.24, 2.45) is 7.05 Å². The van der Waals surface area contributed by atoms with Crippen LogP contribution < -0.4 is 10.1 Å². The summed E-state index contributed by atoms with van der Waals surface area (Å²) in [6.45, 7) is 0.720. The summed E-state index contributed by atoms with van der Waals surface area (Å²) in [7, 11) is 1.77. The van der Waals surface area contributed by atoms with Crippen molar-refractivity contribution < 1.29 is 27.8 Å². The van der Waals surface area contributed by atoms with Gasteiger partial charge in [-0.3, -0.25) is 4.68 Å². The third-order valence-electron chi connectivity index (χ3n) is 5.66. The fourth-order valence-electron chi connectivity index (χ4n) is 3.78. The molecule has 1 saturated heterocycles. The molecule has 14 heteroatoms. The number of nitrogens with one attached hydrogen (secondary N) is 1. The van der Waals surface area contributed by atoms with Gasteiger partial charge in [-0.05, 0) is 18.6 Å². The number of fused-ring (bicyclic) bond motifs is 1. The highest BCUT2D eigenvalue weighted by atomic mass is 19.4. The maximum Gasteiger partial charge on any atom is 0.434 e. The summed E-state index contributed by atoms with van der Waals surface area (Å²) in [5.41, 5.74) is 1.12. The summed E-state index contributed by atoms with van der Waals surface area (Å²) >= 11 is 0. The van der Waals surface area contributed by atoms with Gasteiger partial charge in [0, 0.05) is 31.4 Å². The van der Waals surface area contributed by atoms with E-state index in [2.05, 4.69) is 25.5 Å². The Kier molecular flexibility index (Phi) is 5.42. The largest absolute Gasteiger partial charge is 0.487 e. The van der Waals surface area contributed by atoms with Gasteiger partial charge >= 0.3 is 12.3 Å². The first-order chi connectivity index (χ1) is 16.7. The van der Waals surface area contributed by atoms with Crippen LogP contribution in [0.1, 0.15) is 12.1 Å². The molecule has 0 aromatic carbocycles. The molecule has 1 fully saturated rings. The number of pyridine rings is 1. The van der Waals surface area contributed by atoms with E-state index < -0.39 is 18.0 Å². The van der Waals surface area contributed by atoms with Crippen molar-refractivity contribution in [3.05, 3.63) is 48.7 Å². The van der Waals surface area contributed by atoms with Gasteiger partial charge in [-0.1, -0.05) is 0 Å². The number of rotatable bonds is 6. The summed E-state index contributed by atoms with van der Waals surface area (Å²) in [6.07, 6.45) is 0.161. The van der Waals surface area contributed by atoms with Gasteiger partial charge in [-0.25, -0.2) is 19.3 Å². The molecule has 4 aromatic heterocycles. The number of hydrogen-bond acceptors (Lipinski definition) is 7. The van der Waals surface area contributed by atoms with Crippen LogP contribution in [-0.4, -0.2) is 64.7 Å². The average Bonchev–Trinajstić information content (AvgIpc) is 3.34. The number of ether oxygens (including phenoxy) is 1. The topological polar surface area (TPSA) is 123 Å². The summed E-state index contributed by atoms with van der Waals surface area (Å²) in [5, 5.41) is 20.6. The Morgan fingerprint density at radius 1 is 1.23 bits per heavy atom. The van der Waals surface area contributed by atoms with Gasteiger partial charge in [-0.2, -0.15) is 23.4 Å². The van der Waals surface area contributed by atoms with E-state index in [1.54, 1.807) is 34.7 Å². The van der Waals surface area contributed by atoms with Crippen LogP contribution >= 0.6 is 0 Å². The van der Waals surface area contributed by atoms with Crippen LogP contribution in [0.4, 0.5) is 29.6 Å². The fraction of sp³-hybridized carbons (Fsp3) is 0.286. The van der Waals surface area contributed by atoms with Crippen molar-refractivity contribution in [3.8, 4) is 17.0 Å². The number of halogens is 3. The Labute approximate surface area is 195 Å². The van der Waals surface area contributed by atoms with Crippen LogP contribution in [0.2, 0.25) is 0 Å². The third kappa shape index (κ3) is 4.41. The highest BCUT2D eigenvalue weighted by Gasteiger charge is 2.33. The second-order valence-corrected chi connectivity index (χ2v) is 7.93. The number of nitrogens with zero attached hydrogens (tertiary/aromatic N) is 7. The van der Waals surface area contributed by atoms with Gasteiger partial charge in [0.1, 0.15) is 18.1 Å². The molecule has 5 rings (SSSR count). The molecular formula is C21H19F3N8O3. The molecule has 0 bridgehead atoms. The summed E-state index contributed by atoms with van der Waals surface area (Å²) in [6, 6.07) is 5.19. The lowest BCUT2D eigenvalue weighted by atomic mass is 10.1. The number of aromatic nitrogens is 6. The Balaban J connectivity index is 1.34. The van der Waals surface area contributed by atoms with E-state index in [1.165, 1.54) is 4.90 Å². The van der Waals surface area contributed by atoms with E-state index in [0.717, 1.165) is 18.2 Å². The van der Waals surface area contributed by atoms with Crippen molar-refractivity contribution in [1.29, 1.82) is 0 Å².